The lowest BCUT2D eigenvalue weighted by molar-refractivity contribution is 0.747. The summed E-state index contributed by atoms with van der Waals surface area (Å²) >= 11 is 0. The van der Waals surface area contributed by atoms with Crippen LogP contribution in [-0.4, -0.2) is 17.6 Å². The van der Waals surface area contributed by atoms with Crippen molar-refractivity contribution in [2.75, 3.05) is 0 Å². The van der Waals surface area contributed by atoms with Gasteiger partial charge in [0.1, 0.15) is 17.6 Å². The minimum Gasteiger partial charge on any atom is -0.0622 e. The summed E-state index contributed by atoms with van der Waals surface area (Å²) in [6.07, 6.45) is 0. The molecule has 5 rings (SSSR count). The van der Waals surface area contributed by atoms with E-state index in [2.05, 4.69) is 163 Å². The van der Waals surface area contributed by atoms with Crippen LogP contribution in [0.4, 0.5) is 0 Å². The minimum absolute atomic E-state index is 0.104. The van der Waals surface area contributed by atoms with E-state index in [0.29, 0.717) is 0 Å². The van der Waals surface area contributed by atoms with Crippen molar-refractivity contribution < 1.29 is 0 Å². The Morgan fingerprint density at radius 3 is 0.658 bits per heavy atom. The maximum Gasteiger partial charge on any atom is 0.128 e. The molecule has 1 heterocycles. The zero-order chi connectivity index (χ0) is 26.9. The fourth-order valence-electron chi connectivity index (χ4n) is 5.82. The van der Waals surface area contributed by atoms with E-state index in [-0.39, 0.29) is 10.1 Å². The molecule has 0 bridgehead atoms. The van der Waals surface area contributed by atoms with E-state index in [4.69, 9.17) is 0 Å². The molecule has 4 aromatic carbocycles. The Labute approximate surface area is 233 Å². The average Bonchev–Trinajstić information content (AvgIpc) is 2.92. The van der Waals surface area contributed by atoms with Gasteiger partial charge < -0.3 is 0 Å². The van der Waals surface area contributed by atoms with Gasteiger partial charge in [0.2, 0.25) is 0 Å². The molecular formula is C36H38Si2. The van der Waals surface area contributed by atoms with E-state index in [1.807, 2.05) is 0 Å². The van der Waals surface area contributed by atoms with Gasteiger partial charge in [0.15, 0.2) is 0 Å². The van der Waals surface area contributed by atoms with Gasteiger partial charge in [-0.3, -0.25) is 0 Å². The molecule has 0 saturated carbocycles. The van der Waals surface area contributed by atoms with Crippen molar-refractivity contribution in [1.29, 1.82) is 0 Å². The van der Waals surface area contributed by atoms with Crippen LogP contribution in [0.15, 0.2) is 121 Å². The Morgan fingerprint density at radius 1 is 0.316 bits per heavy atom. The summed E-state index contributed by atoms with van der Waals surface area (Å²) in [6.45, 7) is 14.8. The van der Waals surface area contributed by atoms with Crippen molar-refractivity contribution >= 4 is 38.4 Å². The number of hydrogen-bond donors (Lipinski definition) is 0. The predicted octanol–water partition coefficient (Wildman–Crippen LogP) is 9.97. The summed E-state index contributed by atoms with van der Waals surface area (Å²) in [5.41, 5.74) is 5.56. The second-order valence-electron chi connectivity index (χ2n) is 12.2. The van der Waals surface area contributed by atoms with Gasteiger partial charge in [0.05, 0.1) is 0 Å². The van der Waals surface area contributed by atoms with Crippen LogP contribution in [0.25, 0.3) is 20.8 Å². The third kappa shape index (κ3) is 5.08. The van der Waals surface area contributed by atoms with E-state index in [0.717, 1.165) is 0 Å². The highest BCUT2D eigenvalue weighted by molar-refractivity contribution is 7.13. The molecule has 1 aliphatic rings. The second-order valence-corrected chi connectivity index (χ2v) is 18.7. The first-order valence-corrected chi connectivity index (χ1v) is 16.6. The maximum atomic E-state index is 2.47. The third-order valence-electron chi connectivity index (χ3n) is 7.25. The van der Waals surface area contributed by atoms with Crippen LogP contribution in [0.5, 0.6) is 0 Å². The molecule has 0 N–H and O–H groups in total. The molecule has 0 atom stereocenters. The van der Waals surface area contributed by atoms with Gasteiger partial charge in [0.25, 0.3) is 0 Å². The summed E-state index contributed by atoms with van der Waals surface area (Å²) in [6, 6.07) is 45.2. The smallest absolute Gasteiger partial charge is 0.0622 e. The highest BCUT2D eigenvalue weighted by Crippen LogP contribution is 2.56. The Kier molecular flexibility index (Phi) is 7.31. The molecule has 0 saturated heterocycles. The summed E-state index contributed by atoms with van der Waals surface area (Å²) in [5, 5.41) is 6.64. The van der Waals surface area contributed by atoms with Crippen LogP contribution >= 0.6 is 0 Å². The van der Waals surface area contributed by atoms with Crippen molar-refractivity contribution in [3.05, 3.63) is 144 Å². The molecule has 38 heavy (non-hydrogen) atoms. The first-order valence-electron chi connectivity index (χ1n) is 13.6. The molecule has 0 nitrogen and oxygen atoms in total. The molecule has 2 heteroatoms. The number of benzene rings is 4. The summed E-state index contributed by atoms with van der Waals surface area (Å²) < 4.78 is 0. The maximum absolute atomic E-state index is 2.47. The van der Waals surface area contributed by atoms with Crippen LogP contribution in [0, 0.1) is 0 Å². The lowest BCUT2D eigenvalue weighted by atomic mass is 10.1. The number of hydrogen-bond acceptors (Lipinski definition) is 0. The zero-order valence-electron chi connectivity index (χ0n) is 23.5. The first kappa shape index (κ1) is 26.4. The van der Waals surface area contributed by atoms with Gasteiger partial charge in [-0.05, 0) is 53.1 Å². The molecule has 1 aliphatic heterocycles. The highest BCUT2D eigenvalue weighted by Gasteiger charge is 2.48. The third-order valence-corrected chi connectivity index (χ3v) is 14.9. The van der Waals surface area contributed by atoms with Crippen molar-refractivity contribution in [3.8, 4) is 0 Å². The topological polar surface area (TPSA) is 0 Å². The molecule has 0 amide bonds. The second kappa shape index (κ2) is 10.5. The molecule has 0 unspecified atom stereocenters. The zero-order valence-corrected chi connectivity index (χ0v) is 25.5. The molecule has 190 valence electrons. The van der Waals surface area contributed by atoms with E-state index >= 15 is 0 Å². The lowest BCUT2D eigenvalue weighted by Gasteiger charge is -2.46. The monoisotopic (exact) mass is 526 g/mol. The van der Waals surface area contributed by atoms with Gasteiger partial charge in [-0.15, -0.1) is 0 Å². The van der Waals surface area contributed by atoms with Gasteiger partial charge in [0, 0.05) is 0 Å². The fraction of sp³-hybridized carbons (Fsp3) is 0.222. The Balaban J connectivity index is 2.01. The quantitative estimate of drug-likeness (QED) is 0.232. The molecule has 2 radical (unpaired) electrons. The van der Waals surface area contributed by atoms with Crippen LogP contribution in [0.2, 0.25) is 10.1 Å². The molecular weight excluding hydrogens is 489 g/mol. The highest BCUT2D eigenvalue weighted by atomic mass is 28.3. The van der Waals surface area contributed by atoms with Crippen molar-refractivity contribution in [2.24, 2.45) is 0 Å². The van der Waals surface area contributed by atoms with Crippen molar-refractivity contribution in [3.63, 3.8) is 0 Å². The first-order chi connectivity index (χ1) is 18.2. The van der Waals surface area contributed by atoms with Gasteiger partial charge in [-0.2, -0.15) is 0 Å². The van der Waals surface area contributed by atoms with Gasteiger partial charge >= 0.3 is 0 Å². The SMILES string of the molecule is CC(C)(C)[Si]1C(c2ccccc2)=C(c2ccccc2)[Si](C(C)(C)C)C(c2ccccc2)=C1c1ccccc1. The van der Waals surface area contributed by atoms with Crippen LogP contribution < -0.4 is 0 Å². The summed E-state index contributed by atoms with van der Waals surface area (Å²) in [5.74, 6) is 0. The van der Waals surface area contributed by atoms with Gasteiger partial charge in [-0.25, -0.2) is 0 Å². The molecule has 0 fully saturated rings. The molecule has 0 aliphatic carbocycles. The predicted molar refractivity (Wildman–Crippen MR) is 170 cm³/mol. The van der Waals surface area contributed by atoms with Crippen LogP contribution in [0.3, 0.4) is 0 Å². The molecule has 4 aromatic rings. The van der Waals surface area contributed by atoms with E-state index < -0.39 is 17.6 Å². The molecule has 0 spiro atoms. The normalized spacial score (nSPS) is 15.7. The average molecular weight is 527 g/mol. The van der Waals surface area contributed by atoms with E-state index in [9.17, 15) is 0 Å². The fourth-order valence-corrected chi connectivity index (χ4v) is 14.2. The molecule has 0 aromatic heterocycles. The van der Waals surface area contributed by atoms with Crippen molar-refractivity contribution in [2.45, 2.75) is 51.6 Å². The minimum atomic E-state index is -1.24. The van der Waals surface area contributed by atoms with E-state index in [1.165, 1.54) is 22.3 Å². The Morgan fingerprint density at radius 2 is 0.500 bits per heavy atom. The van der Waals surface area contributed by atoms with Crippen LogP contribution in [0.1, 0.15) is 63.8 Å². The van der Waals surface area contributed by atoms with Crippen LogP contribution in [-0.2, 0) is 0 Å². The summed E-state index contributed by atoms with van der Waals surface area (Å²) in [4.78, 5) is 0. The van der Waals surface area contributed by atoms with Gasteiger partial charge in [-0.1, -0.05) is 163 Å². The van der Waals surface area contributed by atoms with E-state index in [1.54, 1.807) is 20.8 Å². The lowest BCUT2D eigenvalue weighted by Crippen LogP contribution is -2.42. The number of rotatable bonds is 4. The van der Waals surface area contributed by atoms with Crippen molar-refractivity contribution in [1.82, 2.24) is 0 Å². The Hall–Kier alpha value is -3.21. The summed E-state index contributed by atoms with van der Waals surface area (Å²) in [7, 11) is -2.49. The largest absolute Gasteiger partial charge is 0.128 e. The Bertz CT molecular complexity index is 1220. The standard InChI is InChI=1S/C36H38Si2/c1-35(2,3)37-31(27-19-11-7-12-20-27)33(29-23-15-9-16-24-29)38(36(4,5)6)34(30-25-17-10-18-26-30)32(37)28-21-13-8-14-22-28/h7-26H,1-6H3.